The highest BCUT2D eigenvalue weighted by molar-refractivity contribution is 6.20. The predicted octanol–water partition coefficient (Wildman–Crippen LogP) is 2.87. The molecule has 1 N–H and O–H groups in total. The van der Waals surface area contributed by atoms with Gasteiger partial charge in [0.05, 0.1) is 4.92 Å². The van der Waals surface area contributed by atoms with Crippen molar-refractivity contribution in [2.45, 2.75) is 37.1 Å². The minimum Gasteiger partial charge on any atom is -0.349 e. The van der Waals surface area contributed by atoms with Crippen LogP contribution in [0.4, 0.5) is 5.69 Å². The van der Waals surface area contributed by atoms with E-state index in [0.29, 0.717) is 5.56 Å². The maximum Gasteiger partial charge on any atom is 0.270 e. The Labute approximate surface area is 116 Å². The second-order valence-electron chi connectivity index (χ2n) is 4.73. The molecule has 1 saturated carbocycles. The second kappa shape index (κ2) is 6.02. The van der Waals surface area contributed by atoms with Gasteiger partial charge in [0.15, 0.2) is 0 Å². The van der Waals surface area contributed by atoms with Crippen LogP contribution >= 0.6 is 11.6 Å². The van der Waals surface area contributed by atoms with Crippen LogP contribution in [0.3, 0.4) is 0 Å². The highest BCUT2D eigenvalue weighted by atomic mass is 35.5. The van der Waals surface area contributed by atoms with Gasteiger partial charge < -0.3 is 5.32 Å². The summed E-state index contributed by atoms with van der Waals surface area (Å²) in [4.78, 5) is 22.2. The van der Waals surface area contributed by atoms with Crippen LogP contribution in [0, 0.1) is 10.1 Å². The van der Waals surface area contributed by atoms with Gasteiger partial charge >= 0.3 is 0 Å². The maximum absolute atomic E-state index is 12.0. The van der Waals surface area contributed by atoms with Crippen LogP contribution in [-0.4, -0.2) is 22.2 Å². The molecule has 0 radical (unpaired) electrons. The van der Waals surface area contributed by atoms with Crippen LogP contribution in [0.5, 0.6) is 0 Å². The third-order valence-electron chi connectivity index (χ3n) is 3.31. The largest absolute Gasteiger partial charge is 0.349 e. The van der Waals surface area contributed by atoms with Crippen molar-refractivity contribution >= 4 is 23.2 Å². The Bertz CT molecular complexity index is 485. The van der Waals surface area contributed by atoms with Crippen molar-refractivity contribution in [1.82, 2.24) is 5.32 Å². The Morgan fingerprint density at radius 3 is 2.63 bits per heavy atom. The third kappa shape index (κ3) is 3.67. The number of hydrogen-bond acceptors (Lipinski definition) is 3. The molecule has 0 aliphatic heterocycles. The number of carbonyl (C=O) groups excluding carboxylic acids is 1. The first-order chi connectivity index (χ1) is 9.06. The van der Waals surface area contributed by atoms with E-state index in [0.717, 1.165) is 25.7 Å². The maximum atomic E-state index is 12.0. The van der Waals surface area contributed by atoms with E-state index in [2.05, 4.69) is 5.32 Å². The Kier molecular flexibility index (Phi) is 4.37. The van der Waals surface area contributed by atoms with Gasteiger partial charge in [0.25, 0.3) is 11.6 Å². The lowest BCUT2D eigenvalue weighted by Crippen LogP contribution is -2.37. The zero-order valence-electron chi connectivity index (χ0n) is 10.3. The molecule has 1 fully saturated rings. The molecule has 6 heteroatoms. The highest BCUT2D eigenvalue weighted by Gasteiger charge is 2.21. The zero-order valence-corrected chi connectivity index (χ0v) is 11.1. The summed E-state index contributed by atoms with van der Waals surface area (Å²) < 4.78 is 0. The van der Waals surface area contributed by atoms with Crippen molar-refractivity contribution in [2.75, 3.05) is 0 Å². The molecule has 1 amide bonds. The molecule has 102 valence electrons. The number of non-ortho nitro benzene ring substituents is 1. The quantitative estimate of drug-likeness (QED) is 0.526. The number of halogens is 1. The van der Waals surface area contributed by atoms with E-state index in [1.165, 1.54) is 18.2 Å². The lowest BCUT2D eigenvalue weighted by Gasteiger charge is -2.25. The summed E-state index contributed by atoms with van der Waals surface area (Å²) in [6.45, 7) is 0. The summed E-state index contributed by atoms with van der Waals surface area (Å²) >= 11 is 6.00. The molecular formula is C13H15ClN2O3. The Hall–Kier alpha value is -1.62. The average Bonchev–Trinajstić information content (AvgIpc) is 2.41. The molecule has 0 heterocycles. The monoisotopic (exact) mass is 282 g/mol. The number of carbonyl (C=O) groups is 1. The Morgan fingerprint density at radius 2 is 2.00 bits per heavy atom. The van der Waals surface area contributed by atoms with Crippen LogP contribution in [-0.2, 0) is 0 Å². The molecule has 0 spiro atoms. The first-order valence-corrected chi connectivity index (χ1v) is 6.69. The van der Waals surface area contributed by atoms with Gasteiger partial charge in [-0.2, -0.15) is 0 Å². The van der Waals surface area contributed by atoms with Gasteiger partial charge in [-0.05, 0) is 31.7 Å². The van der Waals surface area contributed by atoms with Crippen molar-refractivity contribution in [1.29, 1.82) is 0 Å². The number of nitrogens with zero attached hydrogens (tertiary/aromatic N) is 1. The van der Waals surface area contributed by atoms with E-state index in [-0.39, 0.29) is 23.0 Å². The van der Waals surface area contributed by atoms with E-state index in [4.69, 9.17) is 11.6 Å². The molecule has 0 atom stereocenters. The average molecular weight is 283 g/mol. The van der Waals surface area contributed by atoms with Crippen LogP contribution < -0.4 is 5.32 Å². The molecule has 0 aromatic heterocycles. The van der Waals surface area contributed by atoms with Crippen molar-refractivity contribution in [2.24, 2.45) is 0 Å². The number of nitrogens with one attached hydrogen (secondary N) is 1. The molecule has 0 saturated heterocycles. The van der Waals surface area contributed by atoms with Crippen molar-refractivity contribution in [3.8, 4) is 0 Å². The first-order valence-electron chi connectivity index (χ1n) is 6.25. The molecule has 1 aromatic rings. The normalized spacial score (nSPS) is 22.8. The first kappa shape index (κ1) is 13.8. The van der Waals surface area contributed by atoms with Gasteiger partial charge in [0.1, 0.15) is 0 Å². The third-order valence-corrected chi connectivity index (χ3v) is 3.75. The summed E-state index contributed by atoms with van der Waals surface area (Å²) in [5, 5.41) is 13.8. The number of hydrogen-bond donors (Lipinski definition) is 1. The van der Waals surface area contributed by atoms with Gasteiger partial charge in [-0.1, -0.05) is 6.07 Å². The van der Waals surface area contributed by atoms with Crippen LogP contribution in [0.25, 0.3) is 0 Å². The number of nitro benzene ring substituents is 1. The summed E-state index contributed by atoms with van der Waals surface area (Å²) in [5.41, 5.74) is 0.249. The SMILES string of the molecule is O=C(NC1CCC(Cl)CC1)c1cccc([N+](=O)[O-])c1. The van der Waals surface area contributed by atoms with Gasteiger partial charge in [-0.25, -0.2) is 0 Å². The zero-order chi connectivity index (χ0) is 13.8. The van der Waals surface area contributed by atoms with E-state index in [1.54, 1.807) is 6.07 Å². The van der Waals surface area contributed by atoms with E-state index in [1.807, 2.05) is 0 Å². The minimum atomic E-state index is -0.504. The topological polar surface area (TPSA) is 72.2 Å². The van der Waals surface area contributed by atoms with Gasteiger partial charge in [0, 0.05) is 29.1 Å². The van der Waals surface area contributed by atoms with E-state index < -0.39 is 4.92 Å². The van der Waals surface area contributed by atoms with Gasteiger partial charge in [-0.3, -0.25) is 14.9 Å². The predicted molar refractivity (Wildman–Crippen MR) is 72.5 cm³/mol. The fourth-order valence-electron chi connectivity index (χ4n) is 2.23. The highest BCUT2D eigenvalue weighted by Crippen LogP contribution is 2.23. The molecule has 1 aliphatic rings. The van der Waals surface area contributed by atoms with Crippen molar-refractivity contribution in [3.63, 3.8) is 0 Å². The van der Waals surface area contributed by atoms with Crippen molar-refractivity contribution in [3.05, 3.63) is 39.9 Å². The fourth-order valence-corrected chi connectivity index (χ4v) is 2.48. The standard InChI is InChI=1S/C13H15ClN2O3/c14-10-4-6-11(7-5-10)15-13(17)9-2-1-3-12(8-9)16(18)19/h1-3,8,10-11H,4-7H2,(H,15,17). The number of alkyl halides is 1. The molecule has 0 unspecified atom stereocenters. The lowest BCUT2D eigenvalue weighted by molar-refractivity contribution is -0.384. The number of nitro groups is 1. The van der Waals surface area contributed by atoms with Crippen LogP contribution in [0.15, 0.2) is 24.3 Å². The lowest BCUT2D eigenvalue weighted by atomic mass is 9.95. The van der Waals surface area contributed by atoms with Crippen molar-refractivity contribution < 1.29 is 9.72 Å². The number of rotatable bonds is 3. The molecule has 1 aliphatic carbocycles. The molecule has 0 bridgehead atoms. The summed E-state index contributed by atoms with van der Waals surface area (Å²) in [5.74, 6) is -0.262. The summed E-state index contributed by atoms with van der Waals surface area (Å²) in [7, 11) is 0. The molecule has 2 rings (SSSR count). The van der Waals surface area contributed by atoms with Gasteiger partial charge in [-0.15, -0.1) is 11.6 Å². The van der Waals surface area contributed by atoms with E-state index in [9.17, 15) is 14.9 Å². The second-order valence-corrected chi connectivity index (χ2v) is 5.35. The van der Waals surface area contributed by atoms with Gasteiger partial charge in [0.2, 0.25) is 0 Å². The fraction of sp³-hybridized carbons (Fsp3) is 0.462. The summed E-state index contributed by atoms with van der Waals surface area (Å²) in [6.07, 6.45) is 3.49. The molecule has 1 aromatic carbocycles. The Morgan fingerprint density at radius 1 is 1.32 bits per heavy atom. The van der Waals surface area contributed by atoms with E-state index >= 15 is 0 Å². The molecule has 5 nitrogen and oxygen atoms in total. The van der Waals surface area contributed by atoms with Crippen LogP contribution in [0.2, 0.25) is 0 Å². The number of benzene rings is 1. The number of amides is 1. The smallest absolute Gasteiger partial charge is 0.270 e. The molecule has 19 heavy (non-hydrogen) atoms. The summed E-state index contributed by atoms with van der Waals surface area (Å²) in [6, 6.07) is 5.87. The molecular weight excluding hydrogens is 268 g/mol. The Balaban J connectivity index is 2.00. The minimum absolute atomic E-state index is 0.0721. The van der Waals surface area contributed by atoms with Crippen LogP contribution in [0.1, 0.15) is 36.0 Å².